The molecule has 16 heavy (non-hydrogen) atoms. The number of hydrogen-bond acceptors (Lipinski definition) is 4. The van der Waals surface area contributed by atoms with Crippen molar-refractivity contribution in [2.24, 2.45) is 0 Å². The van der Waals surface area contributed by atoms with Crippen molar-refractivity contribution in [1.82, 2.24) is 0 Å². The van der Waals surface area contributed by atoms with Gasteiger partial charge >= 0.3 is 0 Å². The Kier molecular flexibility index (Phi) is 4.14. The van der Waals surface area contributed by atoms with Gasteiger partial charge in [0.15, 0.2) is 0 Å². The average molecular weight is 244 g/mol. The van der Waals surface area contributed by atoms with E-state index in [0.29, 0.717) is 11.4 Å². The van der Waals surface area contributed by atoms with Gasteiger partial charge in [0.1, 0.15) is 0 Å². The number of rotatable bonds is 5. The van der Waals surface area contributed by atoms with Crippen molar-refractivity contribution in [2.75, 3.05) is 29.9 Å². The Morgan fingerprint density at radius 3 is 2.75 bits per heavy atom. The quantitative estimate of drug-likeness (QED) is 0.756. The molecule has 0 spiro atoms. The molecule has 6 heteroatoms. The second kappa shape index (κ2) is 5.18. The molecule has 5 nitrogen and oxygen atoms in total. The third kappa shape index (κ3) is 3.71. The maximum atomic E-state index is 11.6. The number of methoxy groups -OCH3 is 1. The van der Waals surface area contributed by atoms with Crippen LogP contribution in [0.25, 0.3) is 0 Å². The van der Waals surface area contributed by atoms with E-state index in [1.165, 1.54) is 7.11 Å². The van der Waals surface area contributed by atoms with E-state index >= 15 is 0 Å². The van der Waals surface area contributed by atoms with Gasteiger partial charge in [0.25, 0.3) is 0 Å². The van der Waals surface area contributed by atoms with Crippen molar-refractivity contribution in [2.45, 2.75) is 6.92 Å². The fourth-order valence-corrected chi connectivity index (χ4v) is 2.17. The highest BCUT2D eigenvalue weighted by Crippen LogP contribution is 2.20. The molecule has 1 aromatic rings. The van der Waals surface area contributed by atoms with Crippen molar-refractivity contribution in [3.63, 3.8) is 0 Å². The molecular weight excluding hydrogens is 228 g/mol. The molecule has 0 saturated heterocycles. The van der Waals surface area contributed by atoms with E-state index in [-0.39, 0.29) is 12.4 Å². The monoisotopic (exact) mass is 244 g/mol. The molecule has 0 unspecified atom stereocenters. The van der Waals surface area contributed by atoms with Crippen LogP contribution in [0.3, 0.4) is 0 Å². The van der Waals surface area contributed by atoms with Crippen molar-refractivity contribution in [3.05, 3.63) is 23.8 Å². The van der Waals surface area contributed by atoms with Crippen molar-refractivity contribution >= 4 is 21.4 Å². The molecule has 0 aliphatic carbocycles. The van der Waals surface area contributed by atoms with Gasteiger partial charge in [0.2, 0.25) is 10.0 Å². The lowest BCUT2D eigenvalue weighted by atomic mass is 10.2. The first-order chi connectivity index (χ1) is 7.44. The van der Waals surface area contributed by atoms with Gasteiger partial charge in [-0.25, -0.2) is 8.42 Å². The molecule has 0 aliphatic rings. The summed E-state index contributed by atoms with van der Waals surface area (Å²) >= 11 is 0. The topological polar surface area (TPSA) is 81.4 Å². The number of hydrogen-bond donors (Lipinski definition) is 2. The molecule has 90 valence electrons. The second-order valence-electron chi connectivity index (χ2n) is 3.50. The minimum atomic E-state index is -3.39. The lowest BCUT2D eigenvalue weighted by Gasteiger charge is -2.10. The van der Waals surface area contributed by atoms with Gasteiger partial charge in [-0.15, -0.1) is 0 Å². The fraction of sp³-hybridized carbons (Fsp3) is 0.400. The third-order valence-electron chi connectivity index (χ3n) is 2.03. The van der Waals surface area contributed by atoms with Crippen LogP contribution in [0.15, 0.2) is 18.2 Å². The van der Waals surface area contributed by atoms with Crippen LogP contribution in [-0.4, -0.2) is 27.9 Å². The first-order valence-electron chi connectivity index (χ1n) is 4.80. The van der Waals surface area contributed by atoms with E-state index in [2.05, 4.69) is 4.72 Å². The Labute approximate surface area is 95.7 Å². The summed E-state index contributed by atoms with van der Waals surface area (Å²) in [6.45, 7) is 2.02. The molecule has 1 rings (SSSR count). The Morgan fingerprint density at radius 2 is 2.12 bits per heavy atom. The molecule has 0 radical (unpaired) electrons. The predicted molar refractivity (Wildman–Crippen MR) is 64.9 cm³/mol. The average Bonchev–Trinajstić information content (AvgIpc) is 2.20. The number of ether oxygens (including phenoxy) is 1. The highest BCUT2D eigenvalue weighted by molar-refractivity contribution is 7.92. The zero-order valence-electron chi connectivity index (χ0n) is 9.36. The minimum Gasteiger partial charge on any atom is -0.397 e. The molecule has 0 atom stereocenters. The van der Waals surface area contributed by atoms with Crippen LogP contribution < -0.4 is 10.5 Å². The number of anilines is 2. The van der Waals surface area contributed by atoms with Crippen molar-refractivity contribution in [3.8, 4) is 0 Å². The largest absolute Gasteiger partial charge is 0.397 e. The Morgan fingerprint density at radius 1 is 1.44 bits per heavy atom. The molecule has 3 N–H and O–H groups in total. The van der Waals surface area contributed by atoms with E-state index in [1.54, 1.807) is 12.1 Å². The summed E-state index contributed by atoms with van der Waals surface area (Å²) in [5, 5.41) is 0. The summed E-state index contributed by atoms with van der Waals surface area (Å²) in [6, 6.07) is 5.19. The van der Waals surface area contributed by atoms with Gasteiger partial charge < -0.3 is 10.5 Å². The van der Waals surface area contributed by atoms with Crippen LogP contribution in [-0.2, 0) is 14.8 Å². The zero-order valence-corrected chi connectivity index (χ0v) is 10.2. The van der Waals surface area contributed by atoms with E-state index < -0.39 is 10.0 Å². The Balaban J connectivity index is 2.83. The zero-order chi connectivity index (χ0) is 12.2. The lowest BCUT2D eigenvalue weighted by molar-refractivity contribution is 0.217. The van der Waals surface area contributed by atoms with E-state index in [9.17, 15) is 8.42 Å². The molecule has 0 amide bonds. The van der Waals surface area contributed by atoms with Crippen LogP contribution in [0.5, 0.6) is 0 Å². The van der Waals surface area contributed by atoms with E-state index in [0.717, 1.165) is 5.56 Å². The fourth-order valence-electron chi connectivity index (χ4n) is 1.17. The van der Waals surface area contributed by atoms with E-state index in [4.69, 9.17) is 10.5 Å². The molecule has 0 heterocycles. The van der Waals surface area contributed by atoms with Crippen molar-refractivity contribution in [1.29, 1.82) is 0 Å². The third-order valence-corrected chi connectivity index (χ3v) is 3.27. The number of nitrogen functional groups attached to an aromatic ring is 1. The van der Waals surface area contributed by atoms with Crippen LogP contribution in [0.1, 0.15) is 5.56 Å². The van der Waals surface area contributed by atoms with Gasteiger partial charge in [0.05, 0.1) is 23.7 Å². The Hall–Kier alpha value is -1.27. The van der Waals surface area contributed by atoms with Gasteiger partial charge in [-0.05, 0) is 24.6 Å². The maximum Gasteiger partial charge on any atom is 0.235 e. The first kappa shape index (κ1) is 12.8. The van der Waals surface area contributed by atoms with Crippen LogP contribution in [0.4, 0.5) is 11.4 Å². The SMILES string of the molecule is COCCS(=O)(=O)Nc1cc(C)ccc1N. The molecule has 0 fully saturated rings. The summed E-state index contributed by atoms with van der Waals surface area (Å²) < 4.78 is 30.3. The Bertz CT molecular complexity index is 457. The highest BCUT2D eigenvalue weighted by atomic mass is 32.2. The maximum absolute atomic E-state index is 11.6. The number of nitrogens with two attached hydrogens (primary N) is 1. The number of benzene rings is 1. The summed E-state index contributed by atoms with van der Waals surface area (Å²) in [4.78, 5) is 0. The summed E-state index contributed by atoms with van der Waals surface area (Å²) in [5.41, 5.74) is 7.43. The molecular formula is C10H16N2O3S. The second-order valence-corrected chi connectivity index (χ2v) is 5.35. The van der Waals surface area contributed by atoms with Crippen LogP contribution in [0, 0.1) is 6.92 Å². The summed E-state index contributed by atoms with van der Waals surface area (Å²) in [5.74, 6) is -0.0864. The minimum absolute atomic E-state index is 0.0864. The first-order valence-corrected chi connectivity index (χ1v) is 6.45. The standard InChI is InChI=1S/C10H16N2O3S/c1-8-3-4-9(11)10(7-8)12-16(13,14)6-5-15-2/h3-4,7,12H,5-6,11H2,1-2H3. The van der Waals surface area contributed by atoms with Gasteiger partial charge in [0, 0.05) is 7.11 Å². The van der Waals surface area contributed by atoms with Crippen LogP contribution in [0.2, 0.25) is 0 Å². The normalized spacial score (nSPS) is 11.4. The summed E-state index contributed by atoms with van der Waals surface area (Å²) in [7, 11) is -1.94. The molecule has 0 saturated carbocycles. The molecule has 0 bridgehead atoms. The highest BCUT2D eigenvalue weighted by Gasteiger charge is 2.11. The van der Waals surface area contributed by atoms with Gasteiger partial charge in [-0.1, -0.05) is 6.07 Å². The molecule has 0 aliphatic heterocycles. The predicted octanol–water partition coefficient (Wildman–Crippen LogP) is 0.965. The number of sulfonamides is 1. The van der Waals surface area contributed by atoms with Gasteiger partial charge in [-0.2, -0.15) is 0 Å². The van der Waals surface area contributed by atoms with Crippen LogP contribution >= 0.6 is 0 Å². The van der Waals surface area contributed by atoms with E-state index in [1.807, 2.05) is 13.0 Å². The summed E-state index contributed by atoms with van der Waals surface area (Å²) in [6.07, 6.45) is 0. The smallest absolute Gasteiger partial charge is 0.235 e. The lowest BCUT2D eigenvalue weighted by Crippen LogP contribution is -2.20. The number of nitrogens with one attached hydrogen (secondary N) is 1. The molecule has 1 aromatic carbocycles. The molecule has 0 aromatic heterocycles. The van der Waals surface area contributed by atoms with Gasteiger partial charge in [-0.3, -0.25) is 4.72 Å². The number of aryl methyl sites for hydroxylation is 1. The van der Waals surface area contributed by atoms with Crippen molar-refractivity contribution < 1.29 is 13.2 Å².